The Bertz CT molecular complexity index is 1270. The molecule has 1 unspecified atom stereocenters. The third kappa shape index (κ3) is 4.73. The molecule has 3 aromatic carbocycles. The molecular weight excluding hydrogens is 404 g/mol. The Hall–Kier alpha value is -3.33. The lowest BCUT2D eigenvalue weighted by molar-refractivity contribution is -0.133. The van der Waals surface area contributed by atoms with Gasteiger partial charge in [0.15, 0.2) is 0 Å². The van der Waals surface area contributed by atoms with E-state index in [0.29, 0.717) is 6.42 Å². The van der Waals surface area contributed by atoms with Crippen LogP contribution in [0.2, 0.25) is 0 Å². The number of fused-ring (bicyclic) bond motifs is 1. The Morgan fingerprint density at radius 1 is 0.879 bits per heavy atom. The molecule has 1 saturated heterocycles. The van der Waals surface area contributed by atoms with Crippen LogP contribution in [0.4, 0.5) is 0 Å². The lowest BCUT2D eigenvalue weighted by Crippen LogP contribution is -2.39. The molecule has 0 aliphatic carbocycles. The predicted molar refractivity (Wildman–Crippen MR) is 136 cm³/mol. The van der Waals surface area contributed by atoms with Crippen molar-refractivity contribution in [1.29, 1.82) is 0 Å². The van der Waals surface area contributed by atoms with Gasteiger partial charge in [-0.1, -0.05) is 77.9 Å². The summed E-state index contributed by atoms with van der Waals surface area (Å²) in [6.07, 6.45) is 4.85. The van der Waals surface area contributed by atoms with E-state index < -0.39 is 0 Å². The van der Waals surface area contributed by atoms with Crippen LogP contribution < -0.4 is 0 Å². The Kier molecular flexibility index (Phi) is 6.04. The van der Waals surface area contributed by atoms with E-state index in [4.69, 9.17) is 0 Å². The Balaban J connectivity index is 1.31. The number of nitrogens with zero attached hydrogens (tertiary/aromatic N) is 2. The summed E-state index contributed by atoms with van der Waals surface area (Å²) < 4.78 is 2.35. The molecule has 1 atom stereocenters. The van der Waals surface area contributed by atoms with Gasteiger partial charge in [-0.05, 0) is 55.4 Å². The zero-order chi connectivity index (χ0) is 22.8. The second-order valence-electron chi connectivity index (χ2n) is 9.52. The van der Waals surface area contributed by atoms with Crippen molar-refractivity contribution < 1.29 is 4.79 Å². The van der Waals surface area contributed by atoms with Gasteiger partial charge in [0.05, 0.1) is 0 Å². The fourth-order valence-electron chi connectivity index (χ4n) is 5.13. The number of piperidine rings is 1. The second kappa shape index (κ2) is 9.27. The highest BCUT2D eigenvalue weighted by Crippen LogP contribution is 2.35. The maximum absolute atomic E-state index is 13.1. The van der Waals surface area contributed by atoms with Crippen LogP contribution in [0.25, 0.3) is 10.9 Å². The monoisotopic (exact) mass is 436 g/mol. The van der Waals surface area contributed by atoms with Gasteiger partial charge >= 0.3 is 0 Å². The van der Waals surface area contributed by atoms with Crippen molar-refractivity contribution in [2.45, 2.75) is 45.6 Å². The van der Waals surface area contributed by atoms with Gasteiger partial charge in [0, 0.05) is 43.2 Å². The summed E-state index contributed by atoms with van der Waals surface area (Å²) in [6, 6.07) is 26.0. The average molecular weight is 437 g/mol. The standard InChI is InChI=1S/C30H32N2O/c1-22-10-12-25(13-11-22)20-32-21-28(27-8-3-4-9-29(27)32)26-15-17-31(30(33)19-26)16-14-24-7-5-6-23(2)18-24/h3-13,18,21,26H,14-17,19-20H2,1-2H3. The first-order valence-corrected chi connectivity index (χ1v) is 12.0. The number of hydrogen-bond donors (Lipinski definition) is 0. The number of benzene rings is 3. The molecule has 2 heterocycles. The van der Waals surface area contributed by atoms with E-state index in [-0.39, 0.29) is 11.8 Å². The van der Waals surface area contributed by atoms with Crippen LogP contribution in [-0.4, -0.2) is 28.5 Å². The Morgan fingerprint density at radius 2 is 1.70 bits per heavy atom. The van der Waals surface area contributed by atoms with E-state index in [9.17, 15) is 4.79 Å². The number of para-hydroxylation sites is 1. The molecule has 1 fully saturated rings. The summed E-state index contributed by atoms with van der Waals surface area (Å²) in [6.45, 7) is 6.74. The molecule has 3 heteroatoms. The lowest BCUT2D eigenvalue weighted by Gasteiger charge is -2.32. The number of likely N-dealkylation sites (tertiary alicyclic amines) is 1. The summed E-state index contributed by atoms with van der Waals surface area (Å²) >= 11 is 0. The van der Waals surface area contributed by atoms with E-state index in [1.165, 1.54) is 38.7 Å². The van der Waals surface area contributed by atoms with Gasteiger partial charge in [-0.25, -0.2) is 0 Å². The quantitative estimate of drug-likeness (QED) is 0.350. The predicted octanol–water partition coefficient (Wildman–Crippen LogP) is 6.26. The molecule has 1 amide bonds. The van der Waals surface area contributed by atoms with Crippen LogP contribution in [0.1, 0.15) is 46.6 Å². The maximum Gasteiger partial charge on any atom is 0.223 e. The average Bonchev–Trinajstić information content (AvgIpc) is 3.18. The van der Waals surface area contributed by atoms with Crippen molar-refractivity contribution in [2.75, 3.05) is 13.1 Å². The van der Waals surface area contributed by atoms with E-state index in [2.05, 4.69) is 102 Å². The van der Waals surface area contributed by atoms with Crippen molar-refractivity contribution in [2.24, 2.45) is 0 Å². The number of carbonyl (C=O) groups is 1. The van der Waals surface area contributed by atoms with Gasteiger partial charge < -0.3 is 9.47 Å². The number of rotatable bonds is 6. The lowest BCUT2D eigenvalue weighted by atomic mass is 9.88. The molecule has 0 saturated carbocycles. The number of aromatic nitrogens is 1. The van der Waals surface area contributed by atoms with Gasteiger partial charge in [0.2, 0.25) is 5.91 Å². The normalized spacial score (nSPS) is 16.5. The minimum atomic E-state index is 0.286. The van der Waals surface area contributed by atoms with Crippen LogP contribution in [0, 0.1) is 13.8 Å². The fourth-order valence-corrected chi connectivity index (χ4v) is 5.13. The second-order valence-corrected chi connectivity index (χ2v) is 9.52. The molecule has 5 rings (SSSR count). The highest BCUT2D eigenvalue weighted by Gasteiger charge is 2.28. The fraction of sp³-hybridized carbons (Fsp3) is 0.300. The van der Waals surface area contributed by atoms with Crippen LogP contribution >= 0.6 is 0 Å². The molecule has 1 aromatic heterocycles. The molecule has 0 spiro atoms. The molecule has 33 heavy (non-hydrogen) atoms. The maximum atomic E-state index is 13.1. The molecule has 4 aromatic rings. The zero-order valence-electron chi connectivity index (χ0n) is 19.6. The molecule has 1 aliphatic rings. The number of amides is 1. The molecule has 1 aliphatic heterocycles. The Morgan fingerprint density at radius 3 is 2.48 bits per heavy atom. The number of aryl methyl sites for hydroxylation is 2. The third-order valence-corrected chi connectivity index (χ3v) is 7.01. The van der Waals surface area contributed by atoms with Gasteiger partial charge in [-0.15, -0.1) is 0 Å². The summed E-state index contributed by atoms with van der Waals surface area (Å²) in [5.74, 6) is 0.575. The SMILES string of the molecule is Cc1ccc(Cn2cc(C3CCN(CCc4cccc(C)c4)C(=O)C3)c3ccccc32)cc1. The molecule has 168 valence electrons. The summed E-state index contributed by atoms with van der Waals surface area (Å²) in [5.41, 5.74) is 7.75. The largest absolute Gasteiger partial charge is 0.343 e. The highest BCUT2D eigenvalue weighted by molar-refractivity contribution is 5.86. The van der Waals surface area contributed by atoms with E-state index in [1.807, 2.05) is 0 Å². The van der Waals surface area contributed by atoms with Gasteiger partial charge in [0.1, 0.15) is 0 Å². The molecule has 0 radical (unpaired) electrons. The Labute approximate surface area is 196 Å². The molecule has 0 N–H and O–H groups in total. The molecular formula is C30H32N2O. The van der Waals surface area contributed by atoms with Gasteiger partial charge in [-0.2, -0.15) is 0 Å². The van der Waals surface area contributed by atoms with Gasteiger partial charge in [-0.3, -0.25) is 4.79 Å². The number of carbonyl (C=O) groups excluding carboxylic acids is 1. The van der Waals surface area contributed by atoms with Crippen LogP contribution in [0.3, 0.4) is 0 Å². The minimum Gasteiger partial charge on any atom is -0.343 e. The highest BCUT2D eigenvalue weighted by atomic mass is 16.2. The van der Waals surface area contributed by atoms with Crippen LogP contribution in [0.15, 0.2) is 79.0 Å². The molecule has 0 bridgehead atoms. The number of hydrogen-bond acceptors (Lipinski definition) is 1. The molecule has 3 nitrogen and oxygen atoms in total. The summed E-state index contributed by atoms with van der Waals surface area (Å²) in [7, 11) is 0. The van der Waals surface area contributed by atoms with E-state index >= 15 is 0 Å². The minimum absolute atomic E-state index is 0.286. The zero-order valence-corrected chi connectivity index (χ0v) is 19.6. The van der Waals surface area contributed by atoms with Gasteiger partial charge in [0.25, 0.3) is 0 Å². The first-order chi connectivity index (χ1) is 16.1. The van der Waals surface area contributed by atoms with Crippen molar-refractivity contribution in [3.05, 3.63) is 107 Å². The third-order valence-electron chi connectivity index (χ3n) is 7.01. The van der Waals surface area contributed by atoms with E-state index in [1.54, 1.807) is 0 Å². The van der Waals surface area contributed by atoms with Crippen molar-refractivity contribution in [1.82, 2.24) is 9.47 Å². The first kappa shape index (κ1) is 21.5. The van der Waals surface area contributed by atoms with Crippen molar-refractivity contribution in [3.8, 4) is 0 Å². The first-order valence-electron chi connectivity index (χ1n) is 12.0. The van der Waals surface area contributed by atoms with Crippen molar-refractivity contribution in [3.63, 3.8) is 0 Å². The summed E-state index contributed by atoms with van der Waals surface area (Å²) in [5, 5.41) is 1.29. The topological polar surface area (TPSA) is 25.2 Å². The smallest absolute Gasteiger partial charge is 0.223 e. The van der Waals surface area contributed by atoms with Crippen LogP contribution in [0.5, 0.6) is 0 Å². The summed E-state index contributed by atoms with van der Waals surface area (Å²) in [4.78, 5) is 15.1. The van der Waals surface area contributed by atoms with E-state index in [0.717, 1.165) is 32.5 Å². The van der Waals surface area contributed by atoms with Crippen molar-refractivity contribution >= 4 is 16.8 Å². The van der Waals surface area contributed by atoms with Crippen LogP contribution in [-0.2, 0) is 17.8 Å².